The third kappa shape index (κ3) is 3.76. The molecule has 1 nitrogen and oxygen atoms in total. The second-order valence-corrected chi connectivity index (χ2v) is 4.14. The van der Waals surface area contributed by atoms with Gasteiger partial charge in [0.2, 0.25) is 0 Å². The van der Waals surface area contributed by atoms with Gasteiger partial charge in [-0.05, 0) is 25.3 Å². The summed E-state index contributed by atoms with van der Waals surface area (Å²) in [5, 5.41) is 3.62. The van der Waals surface area contributed by atoms with Crippen LogP contribution in [-0.4, -0.2) is 12.6 Å². The molecular formula is C10H21N. The first-order chi connectivity index (χ1) is 5.29. The van der Waals surface area contributed by atoms with Crippen molar-refractivity contribution in [3.8, 4) is 0 Å². The van der Waals surface area contributed by atoms with Gasteiger partial charge in [-0.1, -0.05) is 33.1 Å². The minimum Gasteiger partial charge on any atom is -0.314 e. The van der Waals surface area contributed by atoms with Gasteiger partial charge in [-0.15, -0.1) is 0 Å². The molecule has 1 heteroatoms. The fraction of sp³-hybridized carbons (Fsp3) is 1.00. The Morgan fingerprint density at radius 1 is 1.18 bits per heavy atom. The molecule has 1 aliphatic carbocycles. The van der Waals surface area contributed by atoms with E-state index in [1.165, 1.54) is 38.6 Å². The molecule has 0 unspecified atom stereocenters. The molecule has 1 rings (SSSR count). The largest absolute Gasteiger partial charge is 0.314 e. The van der Waals surface area contributed by atoms with Gasteiger partial charge < -0.3 is 5.32 Å². The van der Waals surface area contributed by atoms with Crippen LogP contribution >= 0.6 is 0 Å². The second-order valence-electron chi connectivity index (χ2n) is 4.14. The van der Waals surface area contributed by atoms with E-state index in [9.17, 15) is 0 Å². The van der Waals surface area contributed by atoms with Crippen LogP contribution in [-0.2, 0) is 0 Å². The lowest BCUT2D eigenvalue weighted by molar-refractivity contribution is 0.358. The molecular weight excluding hydrogens is 134 g/mol. The Morgan fingerprint density at radius 3 is 2.36 bits per heavy atom. The molecule has 0 amide bonds. The van der Waals surface area contributed by atoms with Crippen molar-refractivity contribution in [3.63, 3.8) is 0 Å². The van der Waals surface area contributed by atoms with Crippen molar-refractivity contribution in [1.82, 2.24) is 5.32 Å². The van der Waals surface area contributed by atoms with Crippen LogP contribution < -0.4 is 5.32 Å². The summed E-state index contributed by atoms with van der Waals surface area (Å²) in [6.07, 6.45) is 7.16. The fourth-order valence-corrected chi connectivity index (χ4v) is 1.71. The molecule has 11 heavy (non-hydrogen) atoms. The molecule has 1 fully saturated rings. The molecule has 0 atom stereocenters. The molecule has 0 aromatic heterocycles. The minimum atomic E-state index is 0.803. The summed E-state index contributed by atoms with van der Waals surface area (Å²) < 4.78 is 0. The molecule has 0 aliphatic heterocycles. The first-order valence-electron chi connectivity index (χ1n) is 5.02. The van der Waals surface area contributed by atoms with Crippen LogP contribution in [0.2, 0.25) is 0 Å². The Labute approximate surface area is 70.6 Å². The van der Waals surface area contributed by atoms with Crippen molar-refractivity contribution in [2.45, 2.75) is 52.0 Å². The Hall–Kier alpha value is -0.0400. The first-order valence-corrected chi connectivity index (χ1v) is 5.02. The van der Waals surface area contributed by atoms with Crippen LogP contribution in [0.3, 0.4) is 0 Å². The maximum Gasteiger partial charge on any atom is 0.00671 e. The molecule has 1 N–H and O–H groups in total. The highest BCUT2D eigenvalue weighted by Crippen LogP contribution is 2.17. The highest BCUT2D eigenvalue weighted by molar-refractivity contribution is 4.71. The van der Waals surface area contributed by atoms with E-state index in [2.05, 4.69) is 19.2 Å². The highest BCUT2D eigenvalue weighted by atomic mass is 14.9. The zero-order chi connectivity index (χ0) is 8.10. The van der Waals surface area contributed by atoms with Crippen molar-refractivity contribution in [1.29, 1.82) is 0 Å². The van der Waals surface area contributed by atoms with E-state index in [1.54, 1.807) is 0 Å². The molecule has 66 valence electrons. The summed E-state index contributed by atoms with van der Waals surface area (Å²) in [6.45, 7) is 5.75. The van der Waals surface area contributed by atoms with E-state index >= 15 is 0 Å². The second kappa shape index (κ2) is 4.76. The lowest BCUT2D eigenvalue weighted by atomic mass is 9.95. The van der Waals surface area contributed by atoms with Crippen LogP contribution in [0.4, 0.5) is 0 Å². The predicted octanol–water partition coefficient (Wildman–Crippen LogP) is 2.56. The number of hydrogen-bond donors (Lipinski definition) is 1. The van der Waals surface area contributed by atoms with Crippen molar-refractivity contribution in [3.05, 3.63) is 0 Å². The van der Waals surface area contributed by atoms with E-state index in [0.717, 1.165) is 12.0 Å². The van der Waals surface area contributed by atoms with Crippen molar-refractivity contribution < 1.29 is 0 Å². The van der Waals surface area contributed by atoms with Crippen LogP contribution in [0.1, 0.15) is 46.0 Å². The van der Waals surface area contributed by atoms with Gasteiger partial charge in [0.05, 0.1) is 0 Å². The van der Waals surface area contributed by atoms with E-state index < -0.39 is 0 Å². The standard InChI is InChI=1S/C10H21N/c1-9(2)8-11-10-6-4-3-5-7-10/h9-11H,3-8H2,1-2H3. The van der Waals surface area contributed by atoms with Gasteiger partial charge >= 0.3 is 0 Å². The van der Waals surface area contributed by atoms with E-state index in [1.807, 2.05) is 0 Å². The number of nitrogens with one attached hydrogen (secondary N) is 1. The predicted molar refractivity (Wildman–Crippen MR) is 49.7 cm³/mol. The first kappa shape index (κ1) is 9.05. The van der Waals surface area contributed by atoms with Crippen LogP contribution in [0.25, 0.3) is 0 Å². The Morgan fingerprint density at radius 2 is 1.82 bits per heavy atom. The van der Waals surface area contributed by atoms with Gasteiger partial charge in [0, 0.05) is 6.04 Å². The van der Waals surface area contributed by atoms with Gasteiger partial charge in [0.15, 0.2) is 0 Å². The van der Waals surface area contributed by atoms with Gasteiger partial charge in [0.25, 0.3) is 0 Å². The molecule has 1 saturated carbocycles. The van der Waals surface area contributed by atoms with Gasteiger partial charge in [-0.25, -0.2) is 0 Å². The molecule has 0 saturated heterocycles. The van der Waals surface area contributed by atoms with Gasteiger partial charge in [0.1, 0.15) is 0 Å². The molecule has 0 heterocycles. The summed E-state index contributed by atoms with van der Waals surface area (Å²) >= 11 is 0. The Kier molecular flexibility index (Phi) is 3.92. The monoisotopic (exact) mass is 155 g/mol. The summed E-state index contributed by atoms with van der Waals surface area (Å²) in [5.74, 6) is 0.803. The summed E-state index contributed by atoms with van der Waals surface area (Å²) in [4.78, 5) is 0. The van der Waals surface area contributed by atoms with E-state index in [-0.39, 0.29) is 0 Å². The smallest absolute Gasteiger partial charge is 0.00671 e. The molecule has 0 radical (unpaired) electrons. The topological polar surface area (TPSA) is 12.0 Å². The number of hydrogen-bond acceptors (Lipinski definition) is 1. The lowest BCUT2D eigenvalue weighted by Crippen LogP contribution is -2.33. The maximum atomic E-state index is 3.62. The van der Waals surface area contributed by atoms with Crippen molar-refractivity contribution in [2.24, 2.45) is 5.92 Å². The molecule has 0 spiro atoms. The Balaban J connectivity index is 2.05. The normalized spacial score (nSPS) is 21.0. The third-order valence-electron chi connectivity index (χ3n) is 2.42. The zero-order valence-corrected chi connectivity index (χ0v) is 7.90. The highest BCUT2D eigenvalue weighted by Gasteiger charge is 2.11. The summed E-state index contributed by atoms with van der Waals surface area (Å²) in [7, 11) is 0. The minimum absolute atomic E-state index is 0.803. The van der Waals surface area contributed by atoms with Crippen LogP contribution in [0.15, 0.2) is 0 Å². The van der Waals surface area contributed by atoms with Gasteiger partial charge in [-0.3, -0.25) is 0 Å². The van der Waals surface area contributed by atoms with E-state index in [0.29, 0.717) is 0 Å². The third-order valence-corrected chi connectivity index (χ3v) is 2.42. The van der Waals surface area contributed by atoms with Crippen molar-refractivity contribution >= 4 is 0 Å². The van der Waals surface area contributed by atoms with Crippen LogP contribution in [0.5, 0.6) is 0 Å². The maximum absolute atomic E-state index is 3.62. The SMILES string of the molecule is CC(C)CNC1CCCCC1. The summed E-state index contributed by atoms with van der Waals surface area (Å²) in [5.41, 5.74) is 0. The molecule has 1 aliphatic rings. The van der Waals surface area contributed by atoms with Crippen molar-refractivity contribution in [2.75, 3.05) is 6.54 Å². The van der Waals surface area contributed by atoms with Crippen LogP contribution in [0, 0.1) is 5.92 Å². The Bertz CT molecular complexity index is 93.0. The summed E-state index contributed by atoms with van der Waals surface area (Å²) in [6, 6.07) is 0.839. The average molecular weight is 155 g/mol. The van der Waals surface area contributed by atoms with E-state index in [4.69, 9.17) is 0 Å². The fourth-order valence-electron chi connectivity index (χ4n) is 1.71. The lowest BCUT2D eigenvalue weighted by Gasteiger charge is -2.23. The molecule has 0 aromatic rings. The average Bonchev–Trinajstić information content (AvgIpc) is 2.03. The molecule has 0 aromatic carbocycles. The molecule has 0 bridgehead atoms. The number of rotatable bonds is 3. The quantitative estimate of drug-likeness (QED) is 0.660. The van der Waals surface area contributed by atoms with Gasteiger partial charge in [-0.2, -0.15) is 0 Å². The zero-order valence-electron chi connectivity index (χ0n) is 7.90.